The Labute approximate surface area is 108 Å². The second-order valence-corrected chi connectivity index (χ2v) is 7.34. The Kier molecular flexibility index (Phi) is 5.24. The molecule has 0 saturated heterocycles. The molecule has 0 aliphatic heterocycles. The maximum atomic E-state index is 11.7. The number of nitrogens with zero attached hydrogens (tertiary/aromatic N) is 1. The van der Waals surface area contributed by atoms with E-state index in [1.54, 1.807) is 0 Å². The topological polar surface area (TPSA) is 48.0 Å². The van der Waals surface area contributed by atoms with Crippen molar-refractivity contribution in [2.24, 2.45) is 0 Å². The second-order valence-electron chi connectivity index (χ2n) is 4.48. The predicted octanol–water partition coefficient (Wildman–Crippen LogP) is 2.44. The van der Waals surface area contributed by atoms with Gasteiger partial charge >= 0.3 is 0 Å². The number of nitrogens with one attached hydrogen (secondary N) is 1. The Morgan fingerprint density at radius 1 is 1.44 bits per heavy atom. The zero-order chi connectivity index (χ0) is 12.2. The Bertz CT molecular complexity index is 341. The highest BCUT2D eigenvalue weighted by Crippen LogP contribution is 2.13. The zero-order valence-corrected chi connectivity index (χ0v) is 12.2. The fourth-order valence-corrected chi connectivity index (χ4v) is 2.18. The van der Waals surface area contributed by atoms with Crippen molar-refractivity contribution in [3.63, 3.8) is 0 Å². The van der Waals surface area contributed by atoms with Crippen LogP contribution >= 0.6 is 15.9 Å². The summed E-state index contributed by atoms with van der Waals surface area (Å²) in [5, 5.41) is 0. The summed E-state index contributed by atoms with van der Waals surface area (Å²) in [6, 6.07) is 5.81. The van der Waals surface area contributed by atoms with Gasteiger partial charge in [-0.25, -0.2) is 4.98 Å². The first kappa shape index (κ1) is 14.0. The van der Waals surface area contributed by atoms with Crippen LogP contribution in [0.15, 0.2) is 22.8 Å². The molecule has 1 N–H and O–H groups in total. The van der Waals surface area contributed by atoms with Crippen molar-refractivity contribution in [1.82, 2.24) is 9.71 Å². The van der Waals surface area contributed by atoms with Crippen LogP contribution in [0.1, 0.15) is 26.5 Å². The molecule has 1 rings (SSSR count). The molecule has 0 aliphatic rings. The molecule has 5 heteroatoms. The monoisotopic (exact) mass is 304 g/mol. The molecule has 16 heavy (non-hydrogen) atoms. The lowest BCUT2D eigenvalue weighted by Crippen LogP contribution is -2.40. The summed E-state index contributed by atoms with van der Waals surface area (Å²) in [6.45, 7) is 6.53. The van der Waals surface area contributed by atoms with Gasteiger partial charge in [-0.1, -0.05) is 6.07 Å². The molecule has 1 heterocycles. The molecule has 0 radical (unpaired) electrons. The highest BCUT2D eigenvalue weighted by Gasteiger charge is 2.25. The number of hydrogen-bond donors (Lipinski definition) is 1. The molecule has 0 fully saturated rings. The van der Waals surface area contributed by atoms with Crippen molar-refractivity contribution < 1.29 is 4.55 Å². The third-order valence-corrected chi connectivity index (χ3v) is 3.96. The van der Waals surface area contributed by atoms with Crippen molar-refractivity contribution in [2.45, 2.75) is 31.9 Å². The molecule has 0 unspecified atom stereocenters. The Balaban J connectivity index is 2.36. The lowest BCUT2D eigenvalue weighted by molar-refractivity contribution is 0.544. The van der Waals surface area contributed by atoms with E-state index in [1.807, 2.05) is 39.0 Å². The molecule has 0 bridgehead atoms. The van der Waals surface area contributed by atoms with Crippen LogP contribution in [0.25, 0.3) is 0 Å². The maximum Gasteiger partial charge on any atom is 0.136 e. The van der Waals surface area contributed by atoms with Gasteiger partial charge in [0.05, 0.1) is 0 Å². The average Bonchev–Trinajstić information content (AvgIpc) is 2.16. The van der Waals surface area contributed by atoms with E-state index in [0.29, 0.717) is 6.54 Å². The van der Waals surface area contributed by atoms with E-state index >= 15 is 0 Å². The number of hydrogen-bond acceptors (Lipinski definition) is 3. The van der Waals surface area contributed by atoms with Gasteiger partial charge in [-0.05, 0) is 48.8 Å². The first-order chi connectivity index (χ1) is 7.39. The van der Waals surface area contributed by atoms with E-state index in [-0.39, 0.29) is 4.75 Å². The van der Waals surface area contributed by atoms with Crippen LogP contribution in [-0.4, -0.2) is 20.8 Å². The quantitative estimate of drug-likeness (QED) is 0.686. The van der Waals surface area contributed by atoms with E-state index in [2.05, 4.69) is 25.6 Å². The fourth-order valence-electron chi connectivity index (χ4n) is 1.08. The molecule has 0 saturated carbocycles. The molecule has 90 valence electrons. The Morgan fingerprint density at radius 2 is 2.12 bits per heavy atom. The van der Waals surface area contributed by atoms with Gasteiger partial charge in [0.15, 0.2) is 0 Å². The highest BCUT2D eigenvalue weighted by atomic mass is 79.9. The summed E-state index contributed by atoms with van der Waals surface area (Å²) in [4.78, 5) is 4.31. The minimum atomic E-state index is -1.01. The van der Waals surface area contributed by atoms with Gasteiger partial charge < -0.3 is 4.55 Å². The van der Waals surface area contributed by atoms with Crippen molar-refractivity contribution >= 4 is 27.3 Å². The summed E-state index contributed by atoms with van der Waals surface area (Å²) in [5.74, 6) is 0. The predicted molar refractivity (Wildman–Crippen MR) is 71.5 cm³/mol. The molecule has 3 nitrogen and oxygen atoms in total. The van der Waals surface area contributed by atoms with Gasteiger partial charge in [0.1, 0.15) is 9.35 Å². The van der Waals surface area contributed by atoms with Crippen molar-refractivity contribution in [3.05, 3.63) is 28.5 Å². The van der Waals surface area contributed by atoms with Crippen LogP contribution in [-0.2, 0) is 17.8 Å². The van der Waals surface area contributed by atoms with Gasteiger partial charge in [-0.15, -0.1) is 4.72 Å². The van der Waals surface area contributed by atoms with Gasteiger partial charge in [0.25, 0.3) is 0 Å². The van der Waals surface area contributed by atoms with Crippen LogP contribution in [0.3, 0.4) is 0 Å². The maximum absolute atomic E-state index is 11.7. The zero-order valence-electron chi connectivity index (χ0n) is 9.79. The number of halogens is 1. The van der Waals surface area contributed by atoms with Crippen molar-refractivity contribution in [3.8, 4) is 0 Å². The van der Waals surface area contributed by atoms with Crippen LogP contribution in [0.5, 0.6) is 0 Å². The van der Waals surface area contributed by atoms with E-state index in [4.69, 9.17) is 0 Å². The molecular formula is C11H17BrN2OS. The Morgan fingerprint density at radius 3 is 2.69 bits per heavy atom. The van der Waals surface area contributed by atoms with Crippen LogP contribution in [0.4, 0.5) is 0 Å². The lowest BCUT2D eigenvalue weighted by Gasteiger charge is -2.23. The summed E-state index contributed by atoms with van der Waals surface area (Å²) in [5.41, 5.74) is 0.993. The van der Waals surface area contributed by atoms with Gasteiger partial charge in [0.2, 0.25) is 0 Å². The first-order valence-corrected chi connectivity index (χ1v) is 7.11. The highest BCUT2D eigenvalue weighted by molar-refractivity contribution is 9.10. The Hall–Kier alpha value is -0.100. The molecule has 1 aromatic heterocycles. The SMILES string of the molecule is CC(C)(C)[S@@+]([O-])NCCc1cccc(Br)n1. The van der Waals surface area contributed by atoms with E-state index in [0.717, 1.165) is 16.7 Å². The first-order valence-electron chi connectivity index (χ1n) is 5.16. The molecule has 0 amide bonds. The number of aromatic nitrogens is 1. The van der Waals surface area contributed by atoms with Crippen molar-refractivity contribution in [1.29, 1.82) is 0 Å². The van der Waals surface area contributed by atoms with E-state index in [9.17, 15) is 4.55 Å². The third-order valence-electron chi connectivity index (χ3n) is 1.94. The average molecular weight is 305 g/mol. The fraction of sp³-hybridized carbons (Fsp3) is 0.545. The minimum Gasteiger partial charge on any atom is -0.598 e. The standard InChI is InChI=1S/C11H17BrN2OS/c1-11(2,3)16(15)13-8-7-9-5-4-6-10(12)14-9/h4-6,13H,7-8H2,1-3H3/t16-/m1/s1. The van der Waals surface area contributed by atoms with Crippen LogP contribution in [0.2, 0.25) is 0 Å². The summed E-state index contributed by atoms with van der Waals surface area (Å²) in [6.07, 6.45) is 0.779. The number of rotatable bonds is 4. The molecule has 0 aromatic carbocycles. The minimum absolute atomic E-state index is 0.218. The second kappa shape index (κ2) is 6.00. The van der Waals surface area contributed by atoms with E-state index < -0.39 is 11.4 Å². The molecular weight excluding hydrogens is 288 g/mol. The smallest absolute Gasteiger partial charge is 0.136 e. The molecule has 0 spiro atoms. The summed E-state index contributed by atoms with van der Waals surface area (Å²) >= 11 is 2.32. The number of pyridine rings is 1. The largest absolute Gasteiger partial charge is 0.598 e. The molecule has 1 atom stereocenters. The normalized spacial score (nSPS) is 13.8. The van der Waals surface area contributed by atoms with Gasteiger partial charge in [0, 0.05) is 30.0 Å². The van der Waals surface area contributed by atoms with Crippen molar-refractivity contribution in [2.75, 3.05) is 6.54 Å². The van der Waals surface area contributed by atoms with Crippen LogP contribution < -0.4 is 4.72 Å². The van der Waals surface area contributed by atoms with Gasteiger partial charge in [-0.2, -0.15) is 0 Å². The lowest BCUT2D eigenvalue weighted by atomic mass is 10.3. The third kappa shape index (κ3) is 4.82. The van der Waals surface area contributed by atoms with Gasteiger partial charge in [-0.3, -0.25) is 0 Å². The summed E-state index contributed by atoms with van der Waals surface area (Å²) < 4.78 is 15.3. The molecule has 0 aliphatic carbocycles. The molecule has 1 aromatic rings. The summed E-state index contributed by atoms with van der Waals surface area (Å²) in [7, 11) is 0. The van der Waals surface area contributed by atoms with E-state index in [1.165, 1.54) is 0 Å². The van der Waals surface area contributed by atoms with Crippen LogP contribution in [0, 0.1) is 0 Å².